The Labute approximate surface area is 131 Å². The monoisotopic (exact) mass is 314 g/mol. The Balaban J connectivity index is 1.48. The van der Waals surface area contributed by atoms with Crippen LogP contribution in [0.5, 0.6) is 0 Å². The van der Waals surface area contributed by atoms with Gasteiger partial charge in [-0.1, -0.05) is 6.07 Å². The first-order valence-corrected chi connectivity index (χ1v) is 8.63. The van der Waals surface area contributed by atoms with Crippen LogP contribution in [0.2, 0.25) is 0 Å². The number of rotatable bonds is 3. The van der Waals surface area contributed by atoms with Gasteiger partial charge in [0.2, 0.25) is 0 Å². The highest BCUT2D eigenvalue weighted by Gasteiger charge is 2.18. The molecule has 1 aliphatic rings. The Bertz CT molecular complexity index is 736. The van der Waals surface area contributed by atoms with Crippen LogP contribution in [0.15, 0.2) is 35.4 Å². The van der Waals surface area contributed by atoms with Gasteiger partial charge in [0.1, 0.15) is 11.3 Å². The maximum absolute atomic E-state index is 4.76. The highest BCUT2D eigenvalue weighted by molar-refractivity contribution is 7.20. The van der Waals surface area contributed by atoms with Crippen LogP contribution in [0.4, 0.5) is 0 Å². The van der Waals surface area contributed by atoms with Crippen molar-refractivity contribution < 1.29 is 0 Å². The van der Waals surface area contributed by atoms with E-state index in [9.17, 15) is 0 Å². The molecule has 21 heavy (non-hydrogen) atoms. The van der Waals surface area contributed by atoms with Crippen molar-refractivity contribution in [2.75, 3.05) is 6.54 Å². The molecule has 4 nitrogen and oxygen atoms in total. The Kier molecular flexibility index (Phi) is 3.50. The molecular weight excluding hydrogens is 300 g/mol. The number of fused-ring (bicyclic) bond motifs is 1. The van der Waals surface area contributed by atoms with Crippen molar-refractivity contribution in [2.45, 2.75) is 19.5 Å². The SMILES string of the molecule is c1csc(-c2nc(CN3CCc4cncnc4C3)cs2)c1. The van der Waals surface area contributed by atoms with E-state index >= 15 is 0 Å². The van der Waals surface area contributed by atoms with Gasteiger partial charge in [0.05, 0.1) is 16.3 Å². The van der Waals surface area contributed by atoms with Crippen molar-refractivity contribution >= 4 is 22.7 Å². The van der Waals surface area contributed by atoms with Gasteiger partial charge in [0.25, 0.3) is 0 Å². The molecule has 0 aliphatic carbocycles. The van der Waals surface area contributed by atoms with E-state index in [2.05, 4.69) is 37.8 Å². The van der Waals surface area contributed by atoms with E-state index in [0.717, 1.165) is 42.5 Å². The zero-order valence-corrected chi connectivity index (χ0v) is 13.0. The van der Waals surface area contributed by atoms with Crippen LogP contribution < -0.4 is 0 Å². The van der Waals surface area contributed by atoms with Crippen LogP contribution in [0, 0.1) is 0 Å². The summed E-state index contributed by atoms with van der Waals surface area (Å²) in [5.41, 5.74) is 3.59. The van der Waals surface area contributed by atoms with E-state index in [4.69, 9.17) is 4.98 Å². The zero-order valence-electron chi connectivity index (χ0n) is 11.4. The van der Waals surface area contributed by atoms with E-state index in [1.54, 1.807) is 29.0 Å². The molecule has 0 atom stereocenters. The molecule has 0 aromatic carbocycles. The first-order valence-electron chi connectivity index (χ1n) is 6.87. The number of hydrogen-bond acceptors (Lipinski definition) is 6. The summed E-state index contributed by atoms with van der Waals surface area (Å²) in [5, 5.41) is 5.39. The Morgan fingerprint density at radius 1 is 1.29 bits per heavy atom. The predicted molar refractivity (Wildman–Crippen MR) is 85.3 cm³/mol. The van der Waals surface area contributed by atoms with E-state index in [1.807, 2.05) is 6.20 Å². The Hall–Kier alpha value is -1.63. The van der Waals surface area contributed by atoms with Crippen molar-refractivity contribution in [1.29, 1.82) is 0 Å². The van der Waals surface area contributed by atoms with E-state index in [1.165, 1.54) is 10.4 Å². The quantitative estimate of drug-likeness (QED) is 0.744. The van der Waals surface area contributed by atoms with Gasteiger partial charge in [-0.15, -0.1) is 22.7 Å². The molecule has 106 valence electrons. The van der Waals surface area contributed by atoms with E-state index < -0.39 is 0 Å². The first kappa shape index (κ1) is 13.1. The molecule has 3 aromatic rings. The third-order valence-corrected chi connectivity index (χ3v) is 5.55. The standard InChI is InChI=1S/C15H14N4S2/c1-2-14(20-5-1)15-18-12(9-21-15)7-19-4-3-11-6-16-10-17-13(11)8-19/h1-2,5-6,9-10H,3-4,7-8H2. The fraction of sp³-hybridized carbons (Fsp3) is 0.267. The summed E-state index contributed by atoms with van der Waals surface area (Å²) in [7, 11) is 0. The number of thiophene rings is 1. The molecule has 0 radical (unpaired) electrons. The minimum Gasteiger partial charge on any atom is -0.291 e. The fourth-order valence-electron chi connectivity index (χ4n) is 2.56. The second kappa shape index (κ2) is 5.63. The molecule has 4 heterocycles. The number of thiazole rings is 1. The molecule has 1 aliphatic heterocycles. The van der Waals surface area contributed by atoms with Crippen molar-refractivity contribution in [3.63, 3.8) is 0 Å². The summed E-state index contributed by atoms with van der Waals surface area (Å²) in [6.07, 6.45) is 4.61. The summed E-state index contributed by atoms with van der Waals surface area (Å²) in [6, 6.07) is 4.20. The molecule has 0 saturated heterocycles. The summed E-state index contributed by atoms with van der Waals surface area (Å²) < 4.78 is 0. The van der Waals surface area contributed by atoms with Gasteiger partial charge >= 0.3 is 0 Å². The minimum atomic E-state index is 0.893. The summed E-state index contributed by atoms with van der Waals surface area (Å²) >= 11 is 3.47. The molecule has 0 spiro atoms. The van der Waals surface area contributed by atoms with Gasteiger partial charge in [0.15, 0.2) is 0 Å². The topological polar surface area (TPSA) is 41.9 Å². The molecule has 0 N–H and O–H groups in total. The predicted octanol–water partition coefficient (Wildman–Crippen LogP) is 3.22. The Morgan fingerprint density at radius 2 is 2.29 bits per heavy atom. The molecule has 0 fully saturated rings. The molecular formula is C15H14N4S2. The molecule has 0 bridgehead atoms. The van der Waals surface area contributed by atoms with E-state index in [-0.39, 0.29) is 0 Å². The van der Waals surface area contributed by atoms with Crippen molar-refractivity contribution in [2.24, 2.45) is 0 Å². The van der Waals surface area contributed by atoms with Crippen molar-refractivity contribution in [3.05, 3.63) is 52.4 Å². The van der Waals surface area contributed by atoms with Crippen LogP contribution in [0.25, 0.3) is 9.88 Å². The maximum atomic E-state index is 4.76. The number of nitrogens with zero attached hydrogens (tertiary/aromatic N) is 4. The largest absolute Gasteiger partial charge is 0.291 e. The lowest BCUT2D eigenvalue weighted by Crippen LogP contribution is -2.30. The Morgan fingerprint density at radius 3 is 3.19 bits per heavy atom. The summed E-state index contributed by atoms with van der Waals surface area (Å²) in [5.74, 6) is 0. The first-order chi connectivity index (χ1) is 10.4. The van der Waals surface area contributed by atoms with Crippen LogP contribution in [0.3, 0.4) is 0 Å². The normalized spacial score (nSPS) is 15.0. The van der Waals surface area contributed by atoms with Crippen LogP contribution in [0.1, 0.15) is 17.0 Å². The van der Waals surface area contributed by atoms with Gasteiger partial charge in [-0.05, 0) is 23.4 Å². The highest BCUT2D eigenvalue weighted by atomic mass is 32.1. The van der Waals surface area contributed by atoms with Crippen LogP contribution in [-0.2, 0) is 19.5 Å². The molecule has 0 unspecified atom stereocenters. The second-order valence-electron chi connectivity index (χ2n) is 5.08. The van der Waals surface area contributed by atoms with Crippen LogP contribution >= 0.6 is 22.7 Å². The second-order valence-corrected chi connectivity index (χ2v) is 6.88. The minimum absolute atomic E-state index is 0.893. The number of aromatic nitrogens is 3. The van der Waals surface area contributed by atoms with Gasteiger partial charge in [-0.3, -0.25) is 4.90 Å². The zero-order chi connectivity index (χ0) is 14.1. The third kappa shape index (κ3) is 2.74. The van der Waals surface area contributed by atoms with Gasteiger partial charge in [-0.25, -0.2) is 15.0 Å². The molecule has 6 heteroatoms. The summed E-state index contributed by atoms with van der Waals surface area (Å²) in [6.45, 7) is 2.83. The maximum Gasteiger partial charge on any atom is 0.133 e. The van der Waals surface area contributed by atoms with E-state index in [0.29, 0.717) is 0 Å². The van der Waals surface area contributed by atoms with Gasteiger partial charge in [-0.2, -0.15) is 0 Å². The van der Waals surface area contributed by atoms with Crippen molar-refractivity contribution in [3.8, 4) is 9.88 Å². The third-order valence-electron chi connectivity index (χ3n) is 3.62. The average Bonchev–Trinajstić information content (AvgIpc) is 3.18. The number of hydrogen-bond donors (Lipinski definition) is 0. The molecule has 0 saturated carbocycles. The highest BCUT2D eigenvalue weighted by Crippen LogP contribution is 2.28. The summed E-state index contributed by atoms with van der Waals surface area (Å²) in [4.78, 5) is 16.9. The lowest BCUT2D eigenvalue weighted by molar-refractivity contribution is 0.239. The smallest absolute Gasteiger partial charge is 0.133 e. The lowest BCUT2D eigenvalue weighted by Gasteiger charge is -2.26. The van der Waals surface area contributed by atoms with Gasteiger partial charge < -0.3 is 0 Å². The fourth-order valence-corrected chi connectivity index (χ4v) is 4.19. The van der Waals surface area contributed by atoms with Crippen LogP contribution in [-0.4, -0.2) is 26.4 Å². The molecule has 4 rings (SSSR count). The lowest BCUT2D eigenvalue weighted by atomic mass is 10.1. The molecule has 0 amide bonds. The average molecular weight is 314 g/mol. The van der Waals surface area contributed by atoms with Gasteiger partial charge in [0, 0.05) is 31.2 Å². The van der Waals surface area contributed by atoms with Crippen molar-refractivity contribution in [1.82, 2.24) is 19.9 Å². The molecule has 3 aromatic heterocycles.